The van der Waals surface area contributed by atoms with Gasteiger partial charge >= 0.3 is 0 Å². The molecule has 0 saturated heterocycles. The van der Waals surface area contributed by atoms with Gasteiger partial charge in [-0.2, -0.15) is 0 Å². The van der Waals surface area contributed by atoms with E-state index in [2.05, 4.69) is 27.4 Å². The van der Waals surface area contributed by atoms with Gasteiger partial charge < -0.3 is 0 Å². The Labute approximate surface area is 58.0 Å². The lowest BCUT2D eigenvalue weighted by molar-refractivity contribution is 0.110. The molecule has 0 radical (unpaired) electrons. The number of rotatable bonds is 1. The molecule has 0 amide bonds. The van der Waals surface area contributed by atoms with E-state index in [1.807, 2.05) is 0 Å². The van der Waals surface area contributed by atoms with Crippen LogP contribution in [0.1, 0.15) is 33.6 Å². The number of hydrogen-bond acceptors (Lipinski definition) is 0. The molecule has 1 rings (SSSR count). The number of hydrogen-bond donors (Lipinski definition) is 0. The van der Waals surface area contributed by atoms with Crippen LogP contribution in [0.4, 0.5) is 0 Å². The van der Waals surface area contributed by atoms with Crippen LogP contribution in [0.5, 0.6) is 0 Å². The third-order valence-electron chi connectivity index (χ3n) is 3.16. The Balaban J connectivity index is 2.64. The fourth-order valence-corrected chi connectivity index (χ4v) is 1.50. The van der Waals surface area contributed by atoms with Crippen molar-refractivity contribution in [1.29, 1.82) is 0 Å². The summed E-state index contributed by atoms with van der Waals surface area (Å²) < 4.78 is 0. The third-order valence-corrected chi connectivity index (χ3v) is 3.16. The van der Waals surface area contributed by atoms with Gasteiger partial charge in [0.2, 0.25) is 0 Å². The second-order valence-corrected chi connectivity index (χ2v) is 3.64. The molecule has 1 saturated carbocycles. The highest BCUT2D eigenvalue weighted by molar-refractivity contribution is 5.12. The Hall–Kier alpha value is -0.260. The topological polar surface area (TPSA) is 0 Å². The molecule has 0 aromatic heterocycles. The largest absolute Gasteiger partial charge is 0.0996 e. The van der Waals surface area contributed by atoms with Crippen LogP contribution in [-0.2, 0) is 0 Å². The molecule has 9 heavy (non-hydrogen) atoms. The highest BCUT2D eigenvalue weighted by Gasteiger charge is 2.39. The van der Waals surface area contributed by atoms with Crippen molar-refractivity contribution in [3.8, 4) is 0 Å². The van der Waals surface area contributed by atoms with Gasteiger partial charge in [0.25, 0.3) is 0 Å². The molecule has 1 aliphatic rings. The fourth-order valence-electron chi connectivity index (χ4n) is 1.50. The van der Waals surface area contributed by atoms with Gasteiger partial charge in [0.1, 0.15) is 0 Å². The molecule has 2 unspecified atom stereocenters. The average molecular weight is 124 g/mol. The van der Waals surface area contributed by atoms with E-state index in [4.69, 9.17) is 0 Å². The van der Waals surface area contributed by atoms with Crippen molar-refractivity contribution >= 4 is 0 Å². The second-order valence-electron chi connectivity index (χ2n) is 3.64. The van der Waals surface area contributed by atoms with Crippen LogP contribution in [0, 0.1) is 11.3 Å². The minimum atomic E-state index is 0.486. The maximum Gasteiger partial charge on any atom is -0.00961 e. The molecule has 0 aliphatic heterocycles. The standard InChI is InChI=1S/C9H16/c1-7(2)9(4)6-5-8(9)3/h8H,1,5-6H2,2-4H3. The van der Waals surface area contributed by atoms with Gasteiger partial charge in [-0.05, 0) is 31.1 Å². The highest BCUT2D eigenvalue weighted by atomic mass is 14.4. The minimum absolute atomic E-state index is 0.486. The van der Waals surface area contributed by atoms with Crippen molar-refractivity contribution in [2.75, 3.05) is 0 Å². The molecule has 52 valence electrons. The molecule has 0 bridgehead atoms. The van der Waals surface area contributed by atoms with E-state index >= 15 is 0 Å². The lowest BCUT2D eigenvalue weighted by Gasteiger charge is -2.46. The van der Waals surface area contributed by atoms with E-state index in [0.29, 0.717) is 5.41 Å². The highest BCUT2D eigenvalue weighted by Crippen LogP contribution is 2.50. The normalized spacial score (nSPS) is 41.9. The molecule has 2 atom stereocenters. The smallest absolute Gasteiger partial charge is 0.00961 e. The zero-order valence-electron chi connectivity index (χ0n) is 6.70. The molecule has 0 spiro atoms. The molecule has 0 aromatic rings. The fraction of sp³-hybridized carbons (Fsp3) is 0.778. The first-order valence-electron chi connectivity index (χ1n) is 3.73. The van der Waals surface area contributed by atoms with E-state index in [0.717, 1.165) is 5.92 Å². The predicted molar refractivity (Wildman–Crippen MR) is 41.3 cm³/mol. The number of allylic oxidation sites excluding steroid dienone is 1. The summed E-state index contributed by atoms with van der Waals surface area (Å²) in [5.41, 5.74) is 1.85. The SMILES string of the molecule is C=C(C)C1(C)CCC1C. The molecule has 0 heterocycles. The van der Waals surface area contributed by atoms with Gasteiger partial charge in [0.05, 0.1) is 0 Å². The summed E-state index contributed by atoms with van der Waals surface area (Å²) in [5, 5.41) is 0. The Morgan fingerprint density at radius 2 is 2.22 bits per heavy atom. The molecular formula is C9H16. The monoisotopic (exact) mass is 124 g/mol. The maximum absolute atomic E-state index is 4.00. The van der Waals surface area contributed by atoms with Gasteiger partial charge in [0.15, 0.2) is 0 Å². The maximum atomic E-state index is 4.00. The first kappa shape index (κ1) is 6.85. The van der Waals surface area contributed by atoms with Crippen molar-refractivity contribution in [3.63, 3.8) is 0 Å². The average Bonchev–Trinajstić information content (AvgIpc) is 1.82. The third kappa shape index (κ3) is 0.810. The molecule has 1 aliphatic carbocycles. The summed E-state index contributed by atoms with van der Waals surface area (Å²) in [6, 6.07) is 0. The van der Waals surface area contributed by atoms with Gasteiger partial charge in [-0.1, -0.05) is 26.0 Å². The van der Waals surface area contributed by atoms with Crippen molar-refractivity contribution in [1.82, 2.24) is 0 Å². The molecular weight excluding hydrogens is 108 g/mol. The van der Waals surface area contributed by atoms with Crippen molar-refractivity contribution < 1.29 is 0 Å². The Kier molecular flexibility index (Phi) is 1.42. The predicted octanol–water partition coefficient (Wildman–Crippen LogP) is 3.00. The van der Waals surface area contributed by atoms with E-state index in [9.17, 15) is 0 Å². The van der Waals surface area contributed by atoms with Crippen molar-refractivity contribution in [2.45, 2.75) is 33.6 Å². The van der Waals surface area contributed by atoms with Gasteiger partial charge in [-0.25, -0.2) is 0 Å². The molecule has 0 heteroatoms. The second kappa shape index (κ2) is 1.86. The molecule has 0 N–H and O–H groups in total. The first-order chi connectivity index (χ1) is 4.07. The Bertz CT molecular complexity index is 135. The van der Waals surface area contributed by atoms with E-state index in [-0.39, 0.29) is 0 Å². The summed E-state index contributed by atoms with van der Waals surface area (Å²) in [5.74, 6) is 0.870. The van der Waals surface area contributed by atoms with Gasteiger partial charge in [0, 0.05) is 0 Å². The lowest BCUT2D eigenvalue weighted by atomic mass is 9.59. The quantitative estimate of drug-likeness (QED) is 0.471. The summed E-state index contributed by atoms with van der Waals surface area (Å²) in [6.07, 6.45) is 2.74. The summed E-state index contributed by atoms with van der Waals surface area (Å²) in [6.45, 7) is 10.8. The summed E-state index contributed by atoms with van der Waals surface area (Å²) in [7, 11) is 0. The van der Waals surface area contributed by atoms with E-state index in [1.165, 1.54) is 18.4 Å². The van der Waals surface area contributed by atoms with Gasteiger partial charge in [-0.15, -0.1) is 0 Å². The van der Waals surface area contributed by atoms with Crippen molar-refractivity contribution in [2.24, 2.45) is 11.3 Å². The van der Waals surface area contributed by atoms with E-state index < -0.39 is 0 Å². The zero-order valence-corrected chi connectivity index (χ0v) is 6.70. The molecule has 1 fully saturated rings. The van der Waals surface area contributed by atoms with Crippen molar-refractivity contribution in [3.05, 3.63) is 12.2 Å². The summed E-state index contributed by atoms with van der Waals surface area (Å²) >= 11 is 0. The Morgan fingerprint density at radius 1 is 1.67 bits per heavy atom. The van der Waals surface area contributed by atoms with Crippen LogP contribution < -0.4 is 0 Å². The first-order valence-corrected chi connectivity index (χ1v) is 3.73. The van der Waals surface area contributed by atoms with Crippen LogP contribution in [0.15, 0.2) is 12.2 Å². The lowest BCUT2D eigenvalue weighted by Crippen LogP contribution is -2.35. The van der Waals surface area contributed by atoms with Crippen LogP contribution >= 0.6 is 0 Å². The van der Waals surface area contributed by atoms with Gasteiger partial charge in [-0.3, -0.25) is 0 Å². The Morgan fingerprint density at radius 3 is 2.22 bits per heavy atom. The molecule has 0 aromatic carbocycles. The zero-order chi connectivity index (χ0) is 7.07. The van der Waals surface area contributed by atoms with Crippen LogP contribution in [0.3, 0.4) is 0 Å². The van der Waals surface area contributed by atoms with Crippen LogP contribution in [0.25, 0.3) is 0 Å². The summed E-state index contributed by atoms with van der Waals surface area (Å²) in [4.78, 5) is 0. The molecule has 0 nitrogen and oxygen atoms in total. The van der Waals surface area contributed by atoms with E-state index in [1.54, 1.807) is 0 Å². The van der Waals surface area contributed by atoms with Crippen LogP contribution in [-0.4, -0.2) is 0 Å². The van der Waals surface area contributed by atoms with Crippen LogP contribution in [0.2, 0.25) is 0 Å². The minimum Gasteiger partial charge on any atom is -0.0996 e.